The molecule has 1 heterocycles. The fourth-order valence-corrected chi connectivity index (χ4v) is 2.34. The lowest BCUT2D eigenvalue weighted by Gasteiger charge is -2.36. The van der Waals surface area contributed by atoms with Crippen LogP contribution in [0.5, 0.6) is 0 Å². The summed E-state index contributed by atoms with van der Waals surface area (Å²) >= 11 is 0. The predicted molar refractivity (Wildman–Crippen MR) is 72.5 cm³/mol. The SMILES string of the molecule is COC(C)C[C@@H](COC1C(C)OCC[C@H]1OC)OC. The van der Waals surface area contributed by atoms with Crippen molar-refractivity contribution in [3.8, 4) is 0 Å². The van der Waals surface area contributed by atoms with Crippen molar-refractivity contribution < 1.29 is 23.7 Å². The van der Waals surface area contributed by atoms with Gasteiger partial charge in [-0.05, 0) is 20.3 Å². The third-order valence-electron chi connectivity index (χ3n) is 3.72. The fourth-order valence-electron chi connectivity index (χ4n) is 2.34. The summed E-state index contributed by atoms with van der Waals surface area (Å²) < 4.78 is 27.7. The molecule has 1 rings (SSSR count). The monoisotopic (exact) mass is 276 g/mol. The summed E-state index contributed by atoms with van der Waals surface area (Å²) in [6.45, 7) is 5.31. The lowest BCUT2D eigenvalue weighted by atomic mass is 10.0. The van der Waals surface area contributed by atoms with E-state index < -0.39 is 0 Å². The first kappa shape index (κ1) is 16.9. The Morgan fingerprint density at radius 2 is 1.95 bits per heavy atom. The van der Waals surface area contributed by atoms with Gasteiger partial charge < -0.3 is 23.7 Å². The van der Waals surface area contributed by atoms with Crippen LogP contribution in [0, 0.1) is 0 Å². The molecule has 0 aromatic carbocycles. The van der Waals surface area contributed by atoms with Crippen LogP contribution in [0.4, 0.5) is 0 Å². The highest BCUT2D eigenvalue weighted by molar-refractivity contribution is 4.81. The van der Waals surface area contributed by atoms with E-state index in [2.05, 4.69) is 0 Å². The predicted octanol–water partition coefficient (Wildman–Crippen LogP) is 1.64. The highest BCUT2D eigenvalue weighted by Gasteiger charge is 2.33. The lowest BCUT2D eigenvalue weighted by molar-refractivity contribution is -0.175. The quantitative estimate of drug-likeness (QED) is 0.674. The molecule has 5 nitrogen and oxygen atoms in total. The van der Waals surface area contributed by atoms with E-state index in [9.17, 15) is 0 Å². The van der Waals surface area contributed by atoms with E-state index in [4.69, 9.17) is 23.7 Å². The second-order valence-corrected chi connectivity index (χ2v) is 5.08. The van der Waals surface area contributed by atoms with E-state index in [1.165, 1.54) is 0 Å². The standard InChI is InChI=1S/C14H28O5/c1-10(15-3)8-12(16-4)9-19-14-11(2)18-7-6-13(14)17-5/h10-14H,6-9H2,1-5H3/t10?,11?,12-,13+,14?/m0/s1. The first-order valence-electron chi connectivity index (χ1n) is 6.93. The molecule has 0 aromatic heterocycles. The van der Waals surface area contributed by atoms with Crippen LogP contribution in [0.15, 0.2) is 0 Å². The van der Waals surface area contributed by atoms with Gasteiger partial charge in [0.05, 0.1) is 31.0 Å². The average Bonchev–Trinajstić information content (AvgIpc) is 2.43. The van der Waals surface area contributed by atoms with Gasteiger partial charge in [-0.25, -0.2) is 0 Å². The van der Waals surface area contributed by atoms with Gasteiger partial charge in [0.2, 0.25) is 0 Å². The van der Waals surface area contributed by atoms with E-state index in [0.29, 0.717) is 6.61 Å². The molecule has 0 N–H and O–H groups in total. The van der Waals surface area contributed by atoms with Crippen LogP contribution in [-0.2, 0) is 23.7 Å². The van der Waals surface area contributed by atoms with Crippen molar-refractivity contribution in [2.75, 3.05) is 34.5 Å². The minimum Gasteiger partial charge on any atom is -0.382 e. The second kappa shape index (κ2) is 8.87. The highest BCUT2D eigenvalue weighted by Crippen LogP contribution is 2.21. The van der Waals surface area contributed by atoms with E-state index in [0.717, 1.165) is 19.4 Å². The number of hydrogen-bond acceptors (Lipinski definition) is 5. The first-order chi connectivity index (χ1) is 9.12. The maximum Gasteiger partial charge on any atom is 0.110 e. The van der Waals surface area contributed by atoms with Gasteiger partial charge in [0.1, 0.15) is 6.10 Å². The van der Waals surface area contributed by atoms with Crippen molar-refractivity contribution in [2.45, 2.75) is 57.2 Å². The molecule has 0 aliphatic carbocycles. The Kier molecular flexibility index (Phi) is 7.87. The molecule has 0 amide bonds. The zero-order chi connectivity index (χ0) is 14.3. The van der Waals surface area contributed by atoms with Crippen LogP contribution < -0.4 is 0 Å². The Balaban J connectivity index is 2.42. The van der Waals surface area contributed by atoms with Crippen LogP contribution in [0.3, 0.4) is 0 Å². The summed E-state index contributed by atoms with van der Waals surface area (Å²) in [6.07, 6.45) is 1.99. The molecule has 19 heavy (non-hydrogen) atoms. The molecule has 0 spiro atoms. The van der Waals surface area contributed by atoms with Crippen LogP contribution in [0.25, 0.3) is 0 Å². The molecule has 0 radical (unpaired) electrons. The summed E-state index contributed by atoms with van der Waals surface area (Å²) in [4.78, 5) is 0. The fraction of sp³-hybridized carbons (Fsp3) is 1.00. The topological polar surface area (TPSA) is 46.2 Å². The Bertz CT molecular complexity index is 236. The van der Waals surface area contributed by atoms with Gasteiger partial charge in [-0.15, -0.1) is 0 Å². The molecule has 0 saturated carbocycles. The van der Waals surface area contributed by atoms with Crippen LogP contribution in [0.1, 0.15) is 26.7 Å². The molecule has 114 valence electrons. The molecule has 1 aliphatic rings. The van der Waals surface area contributed by atoms with Crippen LogP contribution in [-0.4, -0.2) is 65.1 Å². The average molecular weight is 276 g/mol. The Labute approximate surface area is 116 Å². The smallest absolute Gasteiger partial charge is 0.110 e. The van der Waals surface area contributed by atoms with Crippen LogP contribution >= 0.6 is 0 Å². The molecular formula is C14H28O5. The van der Waals surface area contributed by atoms with E-state index in [1.54, 1.807) is 21.3 Å². The van der Waals surface area contributed by atoms with Crippen molar-refractivity contribution in [2.24, 2.45) is 0 Å². The van der Waals surface area contributed by atoms with Gasteiger partial charge in [0.15, 0.2) is 0 Å². The van der Waals surface area contributed by atoms with Crippen molar-refractivity contribution in [3.63, 3.8) is 0 Å². The van der Waals surface area contributed by atoms with Gasteiger partial charge in [-0.2, -0.15) is 0 Å². The zero-order valence-corrected chi connectivity index (χ0v) is 12.8. The van der Waals surface area contributed by atoms with Crippen molar-refractivity contribution in [1.82, 2.24) is 0 Å². The van der Waals surface area contributed by atoms with Gasteiger partial charge in [-0.1, -0.05) is 0 Å². The van der Waals surface area contributed by atoms with Gasteiger partial charge in [0.25, 0.3) is 0 Å². The summed E-state index contributed by atoms with van der Waals surface area (Å²) in [5, 5.41) is 0. The third-order valence-corrected chi connectivity index (χ3v) is 3.72. The minimum atomic E-state index is -0.0331. The zero-order valence-electron chi connectivity index (χ0n) is 12.8. The third kappa shape index (κ3) is 5.36. The normalized spacial score (nSPS) is 31.1. The Hall–Kier alpha value is -0.200. The molecule has 1 aliphatic heterocycles. The van der Waals surface area contributed by atoms with Crippen molar-refractivity contribution in [1.29, 1.82) is 0 Å². The van der Waals surface area contributed by atoms with Crippen LogP contribution in [0.2, 0.25) is 0 Å². The van der Waals surface area contributed by atoms with E-state index in [1.807, 2.05) is 13.8 Å². The molecule has 5 atom stereocenters. The summed E-state index contributed by atoms with van der Waals surface area (Å²) in [5.74, 6) is 0. The molecule has 1 saturated heterocycles. The molecule has 1 fully saturated rings. The largest absolute Gasteiger partial charge is 0.382 e. The van der Waals surface area contributed by atoms with Gasteiger partial charge >= 0.3 is 0 Å². The number of hydrogen-bond donors (Lipinski definition) is 0. The molecule has 3 unspecified atom stereocenters. The number of ether oxygens (including phenoxy) is 5. The number of methoxy groups -OCH3 is 3. The second-order valence-electron chi connectivity index (χ2n) is 5.08. The molecule has 0 bridgehead atoms. The van der Waals surface area contributed by atoms with E-state index in [-0.39, 0.29) is 30.5 Å². The molecule has 5 heteroatoms. The Morgan fingerprint density at radius 1 is 1.21 bits per heavy atom. The highest BCUT2D eigenvalue weighted by atomic mass is 16.6. The Morgan fingerprint density at radius 3 is 2.53 bits per heavy atom. The molecular weight excluding hydrogens is 248 g/mol. The summed E-state index contributed by atoms with van der Waals surface area (Å²) in [7, 11) is 5.13. The number of rotatable bonds is 8. The van der Waals surface area contributed by atoms with E-state index >= 15 is 0 Å². The summed E-state index contributed by atoms with van der Waals surface area (Å²) in [5.41, 5.74) is 0. The maximum absolute atomic E-state index is 5.97. The summed E-state index contributed by atoms with van der Waals surface area (Å²) in [6, 6.07) is 0. The molecule has 0 aromatic rings. The lowest BCUT2D eigenvalue weighted by Crippen LogP contribution is -2.47. The van der Waals surface area contributed by atoms with Gasteiger partial charge in [-0.3, -0.25) is 0 Å². The van der Waals surface area contributed by atoms with Crippen molar-refractivity contribution >= 4 is 0 Å². The first-order valence-corrected chi connectivity index (χ1v) is 6.93. The van der Waals surface area contributed by atoms with Gasteiger partial charge in [0, 0.05) is 34.4 Å². The minimum absolute atomic E-state index is 0.0292. The maximum atomic E-state index is 5.97. The van der Waals surface area contributed by atoms with Crippen molar-refractivity contribution in [3.05, 3.63) is 0 Å².